The van der Waals surface area contributed by atoms with Crippen molar-refractivity contribution in [2.45, 2.75) is 31.6 Å². The zero-order valence-corrected chi connectivity index (χ0v) is 10.4. The lowest BCUT2D eigenvalue weighted by Gasteiger charge is -2.22. The number of amides is 1. The summed E-state index contributed by atoms with van der Waals surface area (Å²) in [6.07, 6.45) is 4.58. The predicted octanol–water partition coefficient (Wildman–Crippen LogP) is 1.28. The van der Waals surface area contributed by atoms with Crippen molar-refractivity contribution < 1.29 is 9.32 Å². The molecule has 0 atom stereocenters. The Morgan fingerprint density at radius 1 is 1.39 bits per heavy atom. The molecule has 1 aliphatic heterocycles. The number of aromatic nitrogens is 1. The lowest BCUT2D eigenvalue weighted by Crippen LogP contribution is -2.36. The molecule has 0 aromatic carbocycles. The molecule has 1 aromatic heterocycles. The topological polar surface area (TPSA) is 67.2 Å². The molecular formula is C13H19N3O2. The van der Waals surface area contributed by atoms with Gasteiger partial charge in [-0.15, -0.1) is 0 Å². The number of piperidine rings is 1. The van der Waals surface area contributed by atoms with Crippen molar-refractivity contribution in [1.82, 2.24) is 15.8 Å². The Labute approximate surface area is 106 Å². The fraction of sp³-hybridized carbons (Fsp3) is 0.692. The summed E-state index contributed by atoms with van der Waals surface area (Å²) in [6.45, 7) is 2.85. The van der Waals surface area contributed by atoms with Gasteiger partial charge < -0.3 is 15.2 Å². The molecule has 1 aliphatic carbocycles. The van der Waals surface area contributed by atoms with E-state index in [0.717, 1.165) is 51.1 Å². The Balaban J connectivity index is 1.50. The highest BCUT2D eigenvalue weighted by molar-refractivity contribution is 5.92. The average Bonchev–Trinajstić information content (AvgIpc) is 3.15. The molecule has 5 nitrogen and oxygen atoms in total. The lowest BCUT2D eigenvalue weighted by atomic mass is 9.98. The van der Waals surface area contributed by atoms with Crippen molar-refractivity contribution in [2.75, 3.05) is 19.6 Å². The molecule has 0 radical (unpaired) electrons. The van der Waals surface area contributed by atoms with Gasteiger partial charge in [-0.1, -0.05) is 5.16 Å². The maximum Gasteiger partial charge on any atom is 0.273 e. The van der Waals surface area contributed by atoms with Crippen LogP contribution in [0.2, 0.25) is 0 Å². The molecule has 1 aromatic rings. The van der Waals surface area contributed by atoms with Crippen LogP contribution in [-0.4, -0.2) is 30.7 Å². The van der Waals surface area contributed by atoms with E-state index in [1.54, 1.807) is 6.07 Å². The highest BCUT2D eigenvalue weighted by Gasteiger charge is 2.29. The van der Waals surface area contributed by atoms with Crippen LogP contribution >= 0.6 is 0 Å². The zero-order valence-electron chi connectivity index (χ0n) is 10.4. The van der Waals surface area contributed by atoms with Crippen molar-refractivity contribution in [3.63, 3.8) is 0 Å². The minimum Gasteiger partial charge on any atom is -0.360 e. The van der Waals surface area contributed by atoms with Crippen molar-refractivity contribution >= 4 is 5.91 Å². The van der Waals surface area contributed by atoms with Crippen LogP contribution in [-0.2, 0) is 0 Å². The third-order valence-electron chi connectivity index (χ3n) is 3.75. The summed E-state index contributed by atoms with van der Waals surface area (Å²) < 4.78 is 5.18. The van der Waals surface area contributed by atoms with E-state index in [0.29, 0.717) is 17.5 Å². The molecule has 0 spiro atoms. The Bertz CT molecular complexity index is 420. The first-order valence-electron chi connectivity index (χ1n) is 6.78. The van der Waals surface area contributed by atoms with Gasteiger partial charge in [0, 0.05) is 18.5 Å². The quantitative estimate of drug-likeness (QED) is 0.843. The number of carbonyl (C=O) groups is 1. The van der Waals surface area contributed by atoms with Crippen LogP contribution in [0.3, 0.4) is 0 Å². The first-order chi connectivity index (χ1) is 8.83. The summed E-state index contributed by atoms with van der Waals surface area (Å²) in [5, 5.41) is 10.1. The molecule has 0 bridgehead atoms. The van der Waals surface area contributed by atoms with Crippen LogP contribution in [0.25, 0.3) is 0 Å². The van der Waals surface area contributed by atoms with Gasteiger partial charge in [0.2, 0.25) is 0 Å². The van der Waals surface area contributed by atoms with Crippen molar-refractivity contribution in [3.05, 3.63) is 17.5 Å². The van der Waals surface area contributed by atoms with Crippen molar-refractivity contribution in [3.8, 4) is 0 Å². The Morgan fingerprint density at radius 3 is 2.89 bits per heavy atom. The fourth-order valence-corrected chi connectivity index (χ4v) is 2.37. The van der Waals surface area contributed by atoms with Gasteiger partial charge in [0.15, 0.2) is 5.69 Å². The summed E-state index contributed by atoms with van der Waals surface area (Å²) in [7, 11) is 0. The van der Waals surface area contributed by atoms with Crippen LogP contribution in [0.4, 0.5) is 0 Å². The first kappa shape index (κ1) is 11.7. The molecule has 18 heavy (non-hydrogen) atoms. The second-order valence-corrected chi connectivity index (χ2v) is 5.29. The van der Waals surface area contributed by atoms with E-state index in [9.17, 15) is 4.79 Å². The van der Waals surface area contributed by atoms with Crippen LogP contribution in [0.1, 0.15) is 47.8 Å². The average molecular weight is 249 g/mol. The minimum absolute atomic E-state index is 0.107. The number of rotatable bonds is 4. The van der Waals surface area contributed by atoms with Crippen LogP contribution < -0.4 is 10.6 Å². The third-order valence-corrected chi connectivity index (χ3v) is 3.75. The molecule has 1 amide bonds. The van der Waals surface area contributed by atoms with Crippen molar-refractivity contribution in [2.24, 2.45) is 5.92 Å². The molecule has 0 unspecified atom stereocenters. The maximum atomic E-state index is 11.9. The fourth-order valence-electron chi connectivity index (χ4n) is 2.37. The normalized spacial score (nSPS) is 20.9. The highest BCUT2D eigenvalue weighted by Crippen LogP contribution is 2.40. The smallest absolute Gasteiger partial charge is 0.273 e. The number of carbonyl (C=O) groups excluding carboxylic acids is 1. The predicted molar refractivity (Wildman–Crippen MR) is 66.4 cm³/mol. The summed E-state index contributed by atoms with van der Waals surface area (Å²) in [5.74, 6) is 1.85. The largest absolute Gasteiger partial charge is 0.360 e. The Hall–Kier alpha value is -1.36. The standard InChI is InChI=1S/C13H19N3O2/c17-13(15-8-9-3-5-14-6-4-9)11-7-12(18-16-11)10-1-2-10/h7,9-10,14H,1-6,8H2,(H,15,17). The van der Waals surface area contributed by atoms with Gasteiger partial charge in [0.25, 0.3) is 5.91 Å². The van der Waals surface area contributed by atoms with E-state index in [1.165, 1.54) is 0 Å². The van der Waals surface area contributed by atoms with Gasteiger partial charge in [-0.2, -0.15) is 0 Å². The maximum absolute atomic E-state index is 11.9. The van der Waals surface area contributed by atoms with Crippen molar-refractivity contribution in [1.29, 1.82) is 0 Å². The van der Waals surface area contributed by atoms with E-state index >= 15 is 0 Å². The molecule has 1 saturated carbocycles. The van der Waals surface area contributed by atoms with Crippen LogP contribution in [0, 0.1) is 5.92 Å². The van der Waals surface area contributed by atoms with Crippen LogP contribution in [0.15, 0.2) is 10.6 Å². The molecule has 3 rings (SSSR count). The van der Waals surface area contributed by atoms with E-state index < -0.39 is 0 Å². The van der Waals surface area contributed by atoms with E-state index in [4.69, 9.17) is 4.52 Å². The number of hydrogen-bond donors (Lipinski definition) is 2. The second kappa shape index (κ2) is 5.10. The second-order valence-electron chi connectivity index (χ2n) is 5.29. The lowest BCUT2D eigenvalue weighted by molar-refractivity contribution is 0.0935. The zero-order chi connectivity index (χ0) is 12.4. The minimum atomic E-state index is -0.107. The molecule has 2 aliphatic rings. The van der Waals surface area contributed by atoms with Gasteiger partial charge in [-0.05, 0) is 44.7 Å². The molecule has 2 fully saturated rings. The SMILES string of the molecule is O=C(NCC1CCNCC1)c1cc(C2CC2)on1. The molecular weight excluding hydrogens is 230 g/mol. The Kier molecular flexibility index (Phi) is 3.32. The summed E-state index contributed by atoms with van der Waals surface area (Å²) in [4.78, 5) is 11.9. The summed E-state index contributed by atoms with van der Waals surface area (Å²) >= 11 is 0. The molecule has 5 heteroatoms. The van der Waals surface area contributed by atoms with Gasteiger partial charge in [0.1, 0.15) is 5.76 Å². The van der Waals surface area contributed by atoms with Gasteiger partial charge >= 0.3 is 0 Å². The Morgan fingerprint density at radius 2 is 2.17 bits per heavy atom. The molecule has 2 heterocycles. The van der Waals surface area contributed by atoms with E-state index in [1.807, 2.05) is 0 Å². The van der Waals surface area contributed by atoms with Gasteiger partial charge in [0.05, 0.1) is 0 Å². The van der Waals surface area contributed by atoms with Gasteiger partial charge in [-0.25, -0.2) is 0 Å². The van der Waals surface area contributed by atoms with E-state index in [-0.39, 0.29) is 5.91 Å². The highest BCUT2D eigenvalue weighted by atomic mass is 16.5. The monoisotopic (exact) mass is 249 g/mol. The molecule has 2 N–H and O–H groups in total. The molecule has 98 valence electrons. The van der Waals surface area contributed by atoms with E-state index in [2.05, 4.69) is 15.8 Å². The molecule has 1 saturated heterocycles. The number of nitrogens with one attached hydrogen (secondary N) is 2. The number of hydrogen-bond acceptors (Lipinski definition) is 4. The van der Waals surface area contributed by atoms with Crippen LogP contribution in [0.5, 0.6) is 0 Å². The first-order valence-corrected chi connectivity index (χ1v) is 6.78. The number of nitrogens with zero attached hydrogens (tertiary/aromatic N) is 1. The summed E-state index contributed by atoms with van der Waals surface area (Å²) in [5.41, 5.74) is 0.422. The third kappa shape index (κ3) is 2.72. The summed E-state index contributed by atoms with van der Waals surface area (Å²) in [6, 6.07) is 1.79. The van der Waals surface area contributed by atoms with Gasteiger partial charge in [-0.3, -0.25) is 4.79 Å².